The van der Waals surface area contributed by atoms with E-state index in [-0.39, 0.29) is 11.5 Å². The number of urea groups is 1. The van der Waals surface area contributed by atoms with E-state index in [0.717, 1.165) is 22.6 Å². The number of aromatic nitrogens is 2. The highest BCUT2D eigenvalue weighted by molar-refractivity contribution is 6.34. The molecule has 152 valence electrons. The van der Waals surface area contributed by atoms with Crippen LogP contribution in [0.15, 0.2) is 66.7 Å². The minimum Gasteiger partial charge on any atom is -0.351 e. The number of nitrogens with zero attached hydrogens (tertiary/aromatic N) is 2. The number of rotatable bonds is 3. The number of amides is 2. The van der Waals surface area contributed by atoms with Crippen molar-refractivity contribution in [3.8, 4) is 11.1 Å². The number of alkyl halides is 3. The van der Waals surface area contributed by atoms with Gasteiger partial charge in [0, 0.05) is 10.9 Å². The number of hydrogen-bond acceptors (Lipinski definition) is 2. The van der Waals surface area contributed by atoms with E-state index in [1.54, 1.807) is 12.1 Å². The van der Waals surface area contributed by atoms with Crippen molar-refractivity contribution in [1.82, 2.24) is 10.2 Å². The molecule has 4 aromatic rings. The number of nitrogens with one attached hydrogen (secondary N) is 1. The van der Waals surface area contributed by atoms with Crippen molar-refractivity contribution in [2.24, 2.45) is 5.73 Å². The van der Waals surface area contributed by atoms with Gasteiger partial charge in [0.15, 0.2) is 5.82 Å². The molecule has 0 saturated carbocycles. The van der Waals surface area contributed by atoms with Crippen molar-refractivity contribution < 1.29 is 18.0 Å². The summed E-state index contributed by atoms with van der Waals surface area (Å²) in [5, 5.41) is 7.96. The molecule has 3 N–H and O–H groups in total. The van der Waals surface area contributed by atoms with Gasteiger partial charge in [-0.1, -0.05) is 41.9 Å². The molecule has 30 heavy (non-hydrogen) atoms. The minimum atomic E-state index is -4.49. The Hall–Kier alpha value is -3.52. The normalized spacial score (nSPS) is 11.6. The third kappa shape index (κ3) is 3.57. The topological polar surface area (TPSA) is 75.0 Å². The molecule has 0 aliphatic rings. The lowest BCUT2D eigenvalue weighted by Crippen LogP contribution is -2.31. The average molecular weight is 431 g/mol. The first-order valence-corrected chi connectivity index (χ1v) is 9.13. The second kappa shape index (κ2) is 7.38. The number of primary amides is 1. The third-order valence-corrected chi connectivity index (χ3v) is 4.91. The number of hydrogen-bond donors (Lipinski definition) is 2. The van der Waals surface area contributed by atoms with Gasteiger partial charge < -0.3 is 5.73 Å². The van der Waals surface area contributed by atoms with E-state index >= 15 is 0 Å². The number of fused-ring (bicyclic) bond motifs is 1. The summed E-state index contributed by atoms with van der Waals surface area (Å²) in [6.45, 7) is 0. The van der Waals surface area contributed by atoms with E-state index in [9.17, 15) is 18.0 Å². The Morgan fingerprint density at radius 1 is 1.03 bits per heavy atom. The largest absolute Gasteiger partial charge is 0.416 e. The number of halogens is 4. The molecule has 0 aliphatic heterocycles. The van der Waals surface area contributed by atoms with Gasteiger partial charge in [-0.15, -0.1) is 0 Å². The summed E-state index contributed by atoms with van der Waals surface area (Å²) in [4.78, 5) is 13.2. The fraction of sp³-hybridized carbons (Fsp3) is 0.0476. The number of benzene rings is 3. The summed E-state index contributed by atoms with van der Waals surface area (Å²) < 4.78 is 38.6. The lowest BCUT2D eigenvalue weighted by atomic mass is 10.0. The highest BCUT2D eigenvalue weighted by atomic mass is 35.5. The first kappa shape index (κ1) is 19.8. The molecule has 1 aromatic heterocycles. The predicted octanol–water partition coefficient (Wildman–Crippen LogP) is 6.12. The number of carbonyl (C=O) groups excluding carboxylic acids is 1. The zero-order valence-electron chi connectivity index (χ0n) is 15.2. The van der Waals surface area contributed by atoms with E-state index in [4.69, 9.17) is 17.3 Å². The molecule has 0 saturated heterocycles. The zero-order valence-corrected chi connectivity index (χ0v) is 16.0. The molecule has 0 radical (unpaired) electrons. The SMILES string of the molecule is NC(=O)N(c1ccc(C(F)(F)F)cc1)c1n[nH]c2cc(Cl)c(-c3ccccc3)cc12. The lowest BCUT2D eigenvalue weighted by molar-refractivity contribution is -0.137. The molecule has 0 spiro atoms. The number of carbonyl (C=O) groups is 1. The molecule has 2 amide bonds. The van der Waals surface area contributed by atoms with Gasteiger partial charge in [0.05, 0.1) is 21.8 Å². The summed E-state index contributed by atoms with van der Waals surface area (Å²) in [7, 11) is 0. The number of nitrogens with two attached hydrogens (primary N) is 1. The Bertz CT molecular complexity index is 1220. The van der Waals surface area contributed by atoms with Gasteiger partial charge in [-0.3, -0.25) is 5.10 Å². The van der Waals surface area contributed by atoms with Crippen LogP contribution in [-0.2, 0) is 6.18 Å². The Kier molecular flexibility index (Phi) is 4.87. The van der Waals surface area contributed by atoms with Crippen LogP contribution in [0, 0.1) is 0 Å². The molecule has 1 heterocycles. The van der Waals surface area contributed by atoms with Crippen LogP contribution in [0.5, 0.6) is 0 Å². The summed E-state index contributed by atoms with van der Waals surface area (Å²) >= 11 is 6.41. The molecule has 0 unspecified atom stereocenters. The monoisotopic (exact) mass is 430 g/mol. The summed E-state index contributed by atoms with van der Waals surface area (Å²) in [5.74, 6) is 0.158. The Morgan fingerprint density at radius 3 is 2.30 bits per heavy atom. The summed E-state index contributed by atoms with van der Waals surface area (Å²) in [6.07, 6.45) is -4.49. The van der Waals surface area contributed by atoms with E-state index in [2.05, 4.69) is 10.2 Å². The summed E-state index contributed by atoms with van der Waals surface area (Å²) in [5.41, 5.74) is 6.98. The highest BCUT2D eigenvalue weighted by Gasteiger charge is 2.31. The molecule has 0 fully saturated rings. The maximum absolute atomic E-state index is 12.9. The van der Waals surface area contributed by atoms with Crippen molar-refractivity contribution >= 4 is 40.0 Å². The Labute approximate surface area is 173 Å². The standard InChI is InChI=1S/C21H14ClF3N4O/c22-17-11-18-16(10-15(17)12-4-2-1-3-5-12)19(28-27-18)29(20(26)30)14-8-6-13(7-9-14)21(23,24)25/h1-11H,(H2,26,30)(H,27,28). The minimum absolute atomic E-state index is 0.153. The summed E-state index contributed by atoms with van der Waals surface area (Å²) in [6, 6.07) is 16.0. The van der Waals surface area contributed by atoms with E-state index < -0.39 is 17.8 Å². The van der Waals surface area contributed by atoms with Crippen LogP contribution in [0.25, 0.3) is 22.0 Å². The molecule has 5 nitrogen and oxygen atoms in total. The van der Waals surface area contributed by atoms with Crippen LogP contribution in [0.4, 0.5) is 29.5 Å². The van der Waals surface area contributed by atoms with Crippen molar-refractivity contribution in [1.29, 1.82) is 0 Å². The van der Waals surface area contributed by atoms with Gasteiger partial charge in [0.25, 0.3) is 0 Å². The van der Waals surface area contributed by atoms with Gasteiger partial charge in [-0.2, -0.15) is 18.3 Å². The number of aromatic amines is 1. The predicted molar refractivity (Wildman–Crippen MR) is 110 cm³/mol. The van der Waals surface area contributed by atoms with Crippen LogP contribution in [0.1, 0.15) is 5.56 Å². The van der Waals surface area contributed by atoms with Crippen LogP contribution in [0.2, 0.25) is 5.02 Å². The van der Waals surface area contributed by atoms with Crippen molar-refractivity contribution in [3.63, 3.8) is 0 Å². The van der Waals surface area contributed by atoms with Crippen LogP contribution in [-0.4, -0.2) is 16.2 Å². The van der Waals surface area contributed by atoms with Crippen molar-refractivity contribution in [2.45, 2.75) is 6.18 Å². The smallest absolute Gasteiger partial charge is 0.351 e. The van der Waals surface area contributed by atoms with Gasteiger partial charge in [0.1, 0.15) is 0 Å². The molecular formula is C21H14ClF3N4O. The third-order valence-electron chi connectivity index (χ3n) is 4.60. The van der Waals surface area contributed by atoms with Crippen LogP contribution >= 0.6 is 11.6 Å². The van der Waals surface area contributed by atoms with E-state index in [1.165, 1.54) is 12.1 Å². The van der Waals surface area contributed by atoms with Gasteiger partial charge in [0.2, 0.25) is 0 Å². The molecular weight excluding hydrogens is 417 g/mol. The number of anilines is 2. The Morgan fingerprint density at radius 2 is 1.70 bits per heavy atom. The van der Waals surface area contributed by atoms with Crippen LogP contribution in [0.3, 0.4) is 0 Å². The van der Waals surface area contributed by atoms with E-state index in [1.807, 2.05) is 30.3 Å². The quantitative estimate of drug-likeness (QED) is 0.411. The maximum atomic E-state index is 12.9. The second-order valence-electron chi connectivity index (χ2n) is 6.51. The fourth-order valence-electron chi connectivity index (χ4n) is 3.19. The highest BCUT2D eigenvalue weighted by Crippen LogP contribution is 2.38. The molecule has 0 bridgehead atoms. The molecule has 0 atom stereocenters. The van der Waals surface area contributed by atoms with Crippen molar-refractivity contribution in [3.05, 3.63) is 77.3 Å². The molecule has 9 heteroatoms. The Balaban J connectivity index is 1.84. The van der Waals surface area contributed by atoms with Crippen molar-refractivity contribution in [2.75, 3.05) is 4.90 Å². The van der Waals surface area contributed by atoms with E-state index in [0.29, 0.717) is 21.5 Å². The maximum Gasteiger partial charge on any atom is 0.416 e. The lowest BCUT2D eigenvalue weighted by Gasteiger charge is -2.19. The van der Waals surface area contributed by atoms with Gasteiger partial charge >= 0.3 is 12.2 Å². The molecule has 0 aliphatic carbocycles. The van der Waals surface area contributed by atoms with Gasteiger partial charge in [-0.25, -0.2) is 9.69 Å². The second-order valence-corrected chi connectivity index (χ2v) is 6.92. The first-order valence-electron chi connectivity index (χ1n) is 8.75. The number of H-pyrrole nitrogens is 1. The first-order chi connectivity index (χ1) is 14.3. The molecule has 3 aromatic carbocycles. The average Bonchev–Trinajstić information content (AvgIpc) is 3.10. The zero-order chi connectivity index (χ0) is 21.5. The fourth-order valence-corrected chi connectivity index (χ4v) is 3.46. The van der Waals surface area contributed by atoms with Crippen LogP contribution < -0.4 is 10.6 Å². The van der Waals surface area contributed by atoms with Gasteiger partial charge in [-0.05, 0) is 42.0 Å². The molecule has 4 rings (SSSR count).